The molecule has 0 aromatic heterocycles. The third-order valence-electron chi connectivity index (χ3n) is 3.28. The Morgan fingerprint density at radius 3 is 2.40 bits per heavy atom. The van der Waals surface area contributed by atoms with E-state index in [2.05, 4.69) is 25.1 Å². The average Bonchev–Trinajstić information content (AvgIpc) is 2.18. The van der Waals surface area contributed by atoms with Crippen LogP contribution in [0.15, 0.2) is 0 Å². The van der Waals surface area contributed by atoms with Crippen molar-refractivity contribution in [1.29, 1.82) is 0 Å². The maximum Gasteiger partial charge on any atom is 0.226 e. The van der Waals surface area contributed by atoms with Crippen LogP contribution in [0.5, 0.6) is 0 Å². The zero-order valence-corrected chi connectivity index (χ0v) is 10.8. The molecule has 0 radical (unpaired) electrons. The van der Waals surface area contributed by atoms with Crippen molar-refractivity contribution in [2.75, 3.05) is 13.1 Å². The van der Waals surface area contributed by atoms with Gasteiger partial charge in [0.25, 0.3) is 0 Å². The molecule has 1 saturated heterocycles. The molecule has 0 saturated carbocycles. The van der Waals surface area contributed by atoms with E-state index in [1.165, 1.54) is 0 Å². The maximum atomic E-state index is 12.1. The Bertz CT molecular complexity index is 223. The summed E-state index contributed by atoms with van der Waals surface area (Å²) in [5, 5.41) is 3.04. The standard InChI is InChI=1S/C11H22N2OS/c1-4-11(10(14)12-9(2)3)5-7-13(15)8-6-11/h9,15H,4-8H2,1-3H3,(H,12,14). The van der Waals surface area contributed by atoms with E-state index in [0.717, 1.165) is 32.4 Å². The second kappa shape index (κ2) is 5.21. The van der Waals surface area contributed by atoms with Gasteiger partial charge in [0.15, 0.2) is 0 Å². The van der Waals surface area contributed by atoms with Gasteiger partial charge >= 0.3 is 0 Å². The summed E-state index contributed by atoms with van der Waals surface area (Å²) in [6, 6.07) is 0.231. The van der Waals surface area contributed by atoms with Gasteiger partial charge in [0.1, 0.15) is 0 Å². The molecule has 1 heterocycles. The Labute approximate surface area is 98.1 Å². The SMILES string of the molecule is CCC1(C(=O)NC(C)C)CCN(S)CC1. The van der Waals surface area contributed by atoms with Crippen LogP contribution in [0.1, 0.15) is 40.0 Å². The van der Waals surface area contributed by atoms with E-state index in [1.807, 2.05) is 18.2 Å². The van der Waals surface area contributed by atoms with Gasteiger partial charge in [0.05, 0.1) is 5.41 Å². The number of carbonyl (C=O) groups excluding carboxylic acids is 1. The van der Waals surface area contributed by atoms with Crippen molar-refractivity contribution in [3.63, 3.8) is 0 Å². The summed E-state index contributed by atoms with van der Waals surface area (Å²) in [7, 11) is 0. The van der Waals surface area contributed by atoms with Crippen LogP contribution in [0.3, 0.4) is 0 Å². The van der Waals surface area contributed by atoms with E-state index in [-0.39, 0.29) is 17.4 Å². The van der Waals surface area contributed by atoms with E-state index in [0.29, 0.717) is 0 Å². The van der Waals surface area contributed by atoms with Crippen LogP contribution >= 0.6 is 12.8 Å². The number of hydrogen-bond acceptors (Lipinski definition) is 3. The molecule has 0 atom stereocenters. The first-order valence-electron chi connectivity index (χ1n) is 5.75. The molecule has 4 heteroatoms. The van der Waals surface area contributed by atoms with Crippen molar-refractivity contribution in [2.45, 2.75) is 46.1 Å². The van der Waals surface area contributed by atoms with Crippen LogP contribution in [0.4, 0.5) is 0 Å². The highest BCUT2D eigenvalue weighted by Crippen LogP contribution is 2.35. The van der Waals surface area contributed by atoms with Gasteiger partial charge in [0, 0.05) is 19.1 Å². The average molecular weight is 230 g/mol. The number of rotatable bonds is 3. The van der Waals surface area contributed by atoms with Crippen LogP contribution in [-0.2, 0) is 4.79 Å². The zero-order chi connectivity index (χ0) is 11.5. The van der Waals surface area contributed by atoms with Crippen LogP contribution in [0, 0.1) is 5.41 Å². The number of nitrogens with one attached hydrogen (secondary N) is 1. The van der Waals surface area contributed by atoms with E-state index < -0.39 is 0 Å². The number of hydrogen-bond donors (Lipinski definition) is 2. The number of piperidine rings is 1. The van der Waals surface area contributed by atoms with E-state index >= 15 is 0 Å². The van der Waals surface area contributed by atoms with Crippen LogP contribution in [0.2, 0.25) is 0 Å². The molecule has 1 aliphatic heterocycles. The molecule has 15 heavy (non-hydrogen) atoms. The van der Waals surface area contributed by atoms with Crippen molar-refractivity contribution in [2.24, 2.45) is 5.41 Å². The molecular formula is C11H22N2OS. The second-order valence-electron chi connectivity index (χ2n) is 4.72. The molecule has 0 unspecified atom stereocenters. The third-order valence-corrected chi connectivity index (χ3v) is 3.68. The minimum atomic E-state index is -0.149. The first-order valence-corrected chi connectivity index (χ1v) is 6.15. The lowest BCUT2D eigenvalue weighted by Gasteiger charge is -2.38. The van der Waals surface area contributed by atoms with Crippen LogP contribution in [-0.4, -0.2) is 29.3 Å². The van der Waals surface area contributed by atoms with Gasteiger partial charge in [-0.25, -0.2) is 0 Å². The molecule has 0 spiro atoms. The van der Waals surface area contributed by atoms with Gasteiger partial charge in [-0.3, -0.25) is 9.10 Å². The highest BCUT2D eigenvalue weighted by molar-refractivity contribution is 7.77. The third kappa shape index (κ3) is 3.11. The van der Waals surface area contributed by atoms with Crippen molar-refractivity contribution in [3.8, 4) is 0 Å². The molecule has 1 N–H and O–H groups in total. The summed E-state index contributed by atoms with van der Waals surface area (Å²) in [6.45, 7) is 7.93. The summed E-state index contributed by atoms with van der Waals surface area (Å²) in [6.07, 6.45) is 2.77. The van der Waals surface area contributed by atoms with Crippen molar-refractivity contribution in [1.82, 2.24) is 9.62 Å². The normalized spacial score (nSPS) is 21.7. The number of carbonyl (C=O) groups is 1. The van der Waals surface area contributed by atoms with E-state index in [9.17, 15) is 4.79 Å². The molecule has 88 valence electrons. The lowest BCUT2D eigenvalue weighted by Crippen LogP contribution is -2.48. The largest absolute Gasteiger partial charge is 0.353 e. The Hall–Kier alpha value is -0.220. The van der Waals surface area contributed by atoms with Crippen molar-refractivity contribution in [3.05, 3.63) is 0 Å². The Morgan fingerprint density at radius 1 is 1.47 bits per heavy atom. The fourth-order valence-corrected chi connectivity index (χ4v) is 2.28. The summed E-state index contributed by atoms with van der Waals surface area (Å²) in [5.74, 6) is 0.224. The molecular weight excluding hydrogens is 208 g/mol. The molecule has 0 aromatic carbocycles. The Balaban J connectivity index is 2.64. The Kier molecular flexibility index (Phi) is 4.46. The first kappa shape index (κ1) is 12.8. The maximum absolute atomic E-state index is 12.1. The summed E-state index contributed by atoms with van der Waals surface area (Å²) < 4.78 is 2.00. The van der Waals surface area contributed by atoms with Crippen LogP contribution in [0.25, 0.3) is 0 Å². The minimum Gasteiger partial charge on any atom is -0.353 e. The fraction of sp³-hybridized carbons (Fsp3) is 0.909. The topological polar surface area (TPSA) is 32.3 Å². The van der Waals surface area contributed by atoms with Gasteiger partial charge in [-0.1, -0.05) is 19.7 Å². The van der Waals surface area contributed by atoms with Crippen LogP contribution < -0.4 is 5.32 Å². The van der Waals surface area contributed by atoms with E-state index in [4.69, 9.17) is 0 Å². The summed E-state index contributed by atoms with van der Waals surface area (Å²) >= 11 is 4.32. The molecule has 3 nitrogen and oxygen atoms in total. The lowest BCUT2D eigenvalue weighted by molar-refractivity contribution is -0.134. The number of nitrogens with zero attached hydrogens (tertiary/aromatic N) is 1. The first-order chi connectivity index (χ1) is 7.00. The van der Waals surface area contributed by atoms with Gasteiger partial charge in [0.2, 0.25) is 5.91 Å². The predicted octanol–water partition coefficient (Wildman–Crippen LogP) is 1.85. The lowest BCUT2D eigenvalue weighted by atomic mass is 9.75. The summed E-state index contributed by atoms with van der Waals surface area (Å²) in [5.41, 5.74) is -0.149. The molecule has 1 fully saturated rings. The van der Waals surface area contributed by atoms with Gasteiger partial charge in [-0.05, 0) is 33.1 Å². The van der Waals surface area contributed by atoms with Crippen molar-refractivity contribution >= 4 is 18.7 Å². The van der Waals surface area contributed by atoms with Gasteiger partial charge in [-0.15, -0.1) is 0 Å². The molecule has 0 aliphatic carbocycles. The molecule has 1 amide bonds. The smallest absolute Gasteiger partial charge is 0.226 e. The van der Waals surface area contributed by atoms with E-state index in [1.54, 1.807) is 0 Å². The zero-order valence-electron chi connectivity index (χ0n) is 9.92. The minimum absolute atomic E-state index is 0.149. The molecule has 0 bridgehead atoms. The highest BCUT2D eigenvalue weighted by Gasteiger charge is 2.39. The quantitative estimate of drug-likeness (QED) is 0.725. The van der Waals surface area contributed by atoms with Gasteiger partial charge < -0.3 is 5.32 Å². The molecule has 0 aromatic rings. The monoisotopic (exact) mass is 230 g/mol. The Morgan fingerprint density at radius 2 is 2.00 bits per heavy atom. The van der Waals surface area contributed by atoms with Gasteiger partial charge in [-0.2, -0.15) is 0 Å². The molecule has 1 aliphatic rings. The summed E-state index contributed by atoms with van der Waals surface area (Å²) in [4.78, 5) is 12.1. The predicted molar refractivity (Wildman–Crippen MR) is 65.8 cm³/mol. The second-order valence-corrected chi connectivity index (χ2v) is 5.28. The van der Waals surface area contributed by atoms with Crippen molar-refractivity contribution < 1.29 is 4.79 Å². The number of amides is 1. The number of thiol groups is 1. The fourth-order valence-electron chi connectivity index (χ4n) is 2.08. The molecule has 1 rings (SSSR count). The highest BCUT2D eigenvalue weighted by atomic mass is 32.1.